The van der Waals surface area contributed by atoms with Gasteiger partial charge in [-0.15, -0.1) is 22.6 Å². The van der Waals surface area contributed by atoms with Crippen LogP contribution in [0, 0.1) is 12.3 Å². The van der Waals surface area contributed by atoms with Crippen LogP contribution < -0.4 is 5.73 Å². The highest BCUT2D eigenvalue weighted by molar-refractivity contribution is 5.85. The third kappa shape index (κ3) is 3.46. The smallest absolute Gasteiger partial charge is 0.147 e. The maximum Gasteiger partial charge on any atom is 0.147 e. The molecule has 110 valence electrons. The van der Waals surface area contributed by atoms with E-state index in [0.717, 1.165) is 44.2 Å². The van der Waals surface area contributed by atoms with Crippen molar-refractivity contribution in [1.82, 2.24) is 19.7 Å². The van der Waals surface area contributed by atoms with Crippen LogP contribution in [0.15, 0.2) is 0 Å². The fraction of sp³-hybridized carbons (Fsp3) is 0.846. The van der Waals surface area contributed by atoms with Crippen molar-refractivity contribution in [3.05, 3.63) is 11.6 Å². The van der Waals surface area contributed by atoms with Crippen LogP contribution in [0.2, 0.25) is 0 Å². The van der Waals surface area contributed by atoms with E-state index in [2.05, 4.69) is 40.4 Å². The molecule has 5 nitrogen and oxygen atoms in total. The summed E-state index contributed by atoms with van der Waals surface area (Å²) in [6, 6.07) is 0.305. The minimum Gasteiger partial charge on any atom is -0.327 e. The molecule has 0 amide bonds. The van der Waals surface area contributed by atoms with Crippen LogP contribution in [0.1, 0.15) is 38.8 Å². The van der Waals surface area contributed by atoms with Gasteiger partial charge >= 0.3 is 0 Å². The summed E-state index contributed by atoms with van der Waals surface area (Å²) in [7, 11) is 0. The molecule has 0 spiro atoms. The summed E-state index contributed by atoms with van der Waals surface area (Å²) in [6.07, 6.45) is 1.06. The van der Waals surface area contributed by atoms with Crippen molar-refractivity contribution in [3.8, 4) is 0 Å². The first kappa shape index (κ1) is 16.4. The summed E-state index contributed by atoms with van der Waals surface area (Å²) >= 11 is 0. The third-order valence-corrected chi connectivity index (χ3v) is 4.08. The van der Waals surface area contributed by atoms with Crippen molar-refractivity contribution in [2.75, 3.05) is 13.1 Å². The largest absolute Gasteiger partial charge is 0.327 e. The molecule has 0 bridgehead atoms. The molecule has 2 N–H and O–H groups in total. The molecule has 2 rings (SSSR count). The summed E-state index contributed by atoms with van der Waals surface area (Å²) in [5, 5.41) is 8.45. The molecule has 2 heterocycles. The Kier molecular flexibility index (Phi) is 5.35. The molecule has 19 heavy (non-hydrogen) atoms. The van der Waals surface area contributed by atoms with Crippen molar-refractivity contribution >= 4 is 12.4 Å². The van der Waals surface area contributed by atoms with E-state index >= 15 is 0 Å². The first-order valence-electron chi connectivity index (χ1n) is 6.80. The Morgan fingerprint density at radius 3 is 2.63 bits per heavy atom. The number of nitrogens with zero attached hydrogens (tertiary/aromatic N) is 4. The van der Waals surface area contributed by atoms with Gasteiger partial charge in [0.25, 0.3) is 0 Å². The van der Waals surface area contributed by atoms with Gasteiger partial charge in [0.15, 0.2) is 0 Å². The Morgan fingerprint density at radius 1 is 1.37 bits per heavy atom. The van der Waals surface area contributed by atoms with Crippen LogP contribution in [-0.4, -0.2) is 38.8 Å². The Bertz CT molecular complexity index is 415. The van der Waals surface area contributed by atoms with E-state index in [4.69, 9.17) is 5.73 Å². The molecular formula is C13H26ClN5. The number of hydrogen-bond donors (Lipinski definition) is 1. The fourth-order valence-corrected chi connectivity index (χ4v) is 2.77. The summed E-state index contributed by atoms with van der Waals surface area (Å²) < 4.78 is 2.18. The number of nitrogens with two attached hydrogens (primary N) is 1. The number of aromatic nitrogens is 3. The molecule has 6 heteroatoms. The van der Waals surface area contributed by atoms with Gasteiger partial charge in [0.05, 0.1) is 6.54 Å². The van der Waals surface area contributed by atoms with Gasteiger partial charge in [-0.25, -0.2) is 0 Å². The lowest BCUT2D eigenvalue weighted by molar-refractivity contribution is 0.0868. The zero-order valence-corrected chi connectivity index (χ0v) is 13.2. The van der Waals surface area contributed by atoms with Gasteiger partial charge in [0.2, 0.25) is 0 Å². The lowest BCUT2D eigenvalue weighted by Gasteiger charge is -2.42. The summed E-state index contributed by atoms with van der Waals surface area (Å²) in [5.74, 6) is 2.07. The minimum atomic E-state index is 0. The predicted molar refractivity (Wildman–Crippen MR) is 79.3 cm³/mol. The molecule has 1 aliphatic rings. The Morgan fingerprint density at radius 2 is 2.05 bits per heavy atom. The molecule has 1 fully saturated rings. The van der Waals surface area contributed by atoms with Crippen LogP contribution in [0.4, 0.5) is 0 Å². The summed E-state index contributed by atoms with van der Waals surface area (Å²) in [5.41, 5.74) is 6.35. The number of likely N-dealkylation sites (tertiary alicyclic amines) is 1. The molecule has 0 aromatic carbocycles. The van der Waals surface area contributed by atoms with E-state index in [9.17, 15) is 0 Å². The molecule has 1 aromatic rings. The van der Waals surface area contributed by atoms with E-state index in [0.29, 0.717) is 6.04 Å². The zero-order valence-electron chi connectivity index (χ0n) is 12.4. The quantitative estimate of drug-likeness (QED) is 0.917. The molecule has 1 atom stereocenters. The lowest BCUT2D eigenvalue weighted by Crippen LogP contribution is -2.52. The van der Waals surface area contributed by atoms with Crippen molar-refractivity contribution in [2.24, 2.45) is 11.1 Å². The van der Waals surface area contributed by atoms with Crippen molar-refractivity contribution in [3.63, 3.8) is 0 Å². The highest BCUT2D eigenvalue weighted by atomic mass is 35.5. The monoisotopic (exact) mass is 287 g/mol. The Hall–Kier alpha value is -0.650. The maximum atomic E-state index is 6.17. The second-order valence-corrected chi connectivity index (χ2v) is 6.00. The van der Waals surface area contributed by atoms with Crippen molar-refractivity contribution < 1.29 is 0 Å². The van der Waals surface area contributed by atoms with Gasteiger partial charge in [-0.1, -0.05) is 13.8 Å². The molecule has 1 saturated heterocycles. The van der Waals surface area contributed by atoms with Crippen LogP contribution >= 0.6 is 12.4 Å². The molecule has 0 aliphatic carbocycles. The topological polar surface area (TPSA) is 60.0 Å². The zero-order chi connectivity index (χ0) is 13.3. The van der Waals surface area contributed by atoms with Crippen LogP contribution in [-0.2, 0) is 13.1 Å². The Labute approximate surface area is 122 Å². The van der Waals surface area contributed by atoms with Gasteiger partial charge in [0, 0.05) is 25.7 Å². The second-order valence-electron chi connectivity index (χ2n) is 6.00. The number of aryl methyl sites for hydroxylation is 1. The van der Waals surface area contributed by atoms with E-state index in [1.54, 1.807) is 0 Å². The predicted octanol–water partition coefficient (Wildman–Crippen LogP) is 1.59. The minimum absolute atomic E-state index is 0. The van der Waals surface area contributed by atoms with Gasteiger partial charge in [0.1, 0.15) is 11.6 Å². The van der Waals surface area contributed by atoms with Gasteiger partial charge in [-0.3, -0.25) is 4.90 Å². The van der Waals surface area contributed by atoms with Crippen molar-refractivity contribution in [1.29, 1.82) is 0 Å². The molecule has 0 saturated carbocycles. The second kappa shape index (κ2) is 6.20. The van der Waals surface area contributed by atoms with Crippen LogP contribution in [0.25, 0.3) is 0 Å². The highest BCUT2D eigenvalue weighted by Crippen LogP contribution is 2.28. The number of halogens is 1. The average Bonchev–Trinajstić information content (AvgIpc) is 2.64. The van der Waals surface area contributed by atoms with E-state index in [1.165, 1.54) is 0 Å². The van der Waals surface area contributed by atoms with Gasteiger partial charge < -0.3 is 10.3 Å². The van der Waals surface area contributed by atoms with Crippen molar-refractivity contribution in [2.45, 2.75) is 53.2 Å². The standard InChI is InChI=1S/C13H25N5.ClH/c1-5-18-10(2)15-16-12(18)8-17-7-6-11(14)13(3,4)9-17;/h11H,5-9,14H2,1-4H3;1H. The number of hydrogen-bond acceptors (Lipinski definition) is 4. The number of rotatable bonds is 3. The molecule has 1 aliphatic heterocycles. The van der Waals surface area contributed by atoms with Crippen LogP contribution in [0.5, 0.6) is 0 Å². The van der Waals surface area contributed by atoms with Gasteiger partial charge in [-0.2, -0.15) is 0 Å². The molecule has 1 unspecified atom stereocenters. The third-order valence-electron chi connectivity index (χ3n) is 4.08. The molecule has 1 aromatic heterocycles. The van der Waals surface area contributed by atoms with E-state index in [1.807, 2.05) is 6.92 Å². The molecule has 0 radical (unpaired) electrons. The Balaban J connectivity index is 0.00000180. The normalized spacial score (nSPS) is 23.1. The maximum absolute atomic E-state index is 6.17. The van der Waals surface area contributed by atoms with E-state index < -0.39 is 0 Å². The highest BCUT2D eigenvalue weighted by Gasteiger charge is 2.33. The number of piperidine rings is 1. The lowest BCUT2D eigenvalue weighted by atomic mass is 9.80. The molecular weight excluding hydrogens is 262 g/mol. The summed E-state index contributed by atoms with van der Waals surface area (Å²) in [6.45, 7) is 12.5. The van der Waals surface area contributed by atoms with Crippen LogP contribution in [0.3, 0.4) is 0 Å². The first-order valence-corrected chi connectivity index (χ1v) is 6.80. The fourth-order valence-electron chi connectivity index (χ4n) is 2.77. The first-order chi connectivity index (χ1) is 8.44. The van der Waals surface area contributed by atoms with Gasteiger partial charge in [-0.05, 0) is 25.7 Å². The summed E-state index contributed by atoms with van der Waals surface area (Å²) in [4.78, 5) is 2.44. The van der Waals surface area contributed by atoms with E-state index in [-0.39, 0.29) is 17.8 Å². The SMILES string of the molecule is CCn1c(C)nnc1CN1CCC(N)C(C)(C)C1.Cl. The average molecular weight is 288 g/mol.